The molecule has 18 heavy (non-hydrogen) atoms. The zero-order valence-electron chi connectivity index (χ0n) is 11.9. The Balaban J connectivity index is 2.66. The van der Waals surface area contributed by atoms with Crippen LogP contribution < -0.4 is 5.32 Å². The molecule has 0 atom stereocenters. The quantitative estimate of drug-likeness (QED) is 0.480. The highest BCUT2D eigenvalue weighted by Crippen LogP contribution is 2.37. The van der Waals surface area contributed by atoms with E-state index in [4.69, 9.17) is 4.74 Å². The van der Waals surface area contributed by atoms with Crippen LogP contribution in [0.15, 0.2) is 0 Å². The third-order valence-corrected chi connectivity index (χ3v) is 3.99. The lowest BCUT2D eigenvalue weighted by Gasteiger charge is -2.37. The zero-order valence-corrected chi connectivity index (χ0v) is 13.4. The summed E-state index contributed by atoms with van der Waals surface area (Å²) >= 11 is 3.45. The van der Waals surface area contributed by atoms with Crippen molar-refractivity contribution in [2.45, 2.75) is 58.5 Å². The Morgan fingerprint density at radius 1 is 1.28 bits per heavy atom. The predicted molar refractivity (Wildman–Crippen MR) is 78.0 cm³/mol. The maximum Gasteiger partial charge on any atom is 0.312 e. The van der Waals surface area contributed by atoms with Crippen LogP contribution in [0, 0.1) is 5.41 Å². The van der Waals surface area contributed by atoms with Crippen molar-refractivity contribution in [3.05, 3.63) is 0 Å². The Labute approximate surface area is 119 Å². The van der Waals surface area contributed by atoms with Crippen molar-refractivity contribution >= 4 is 21.9 Å². The van der Waals surface area contributed by atoms with Crippen LogP contribution >= 0.6 is 15.9 Å². The maximum atomic E-state index is 12.5. The van der Waals surface area contributed by atoms with E-state index in [-0.39, 0.29) is 17.0 Å². The Hall–Kier alpha value is -0.0900. The highest BCUT2D eigenvalue weighted by molar-refractivity contribution is 9.09. The average molecular weight is 320 g/mol. The summed E-state index contributed by atoms with van der Waals surface area (Å²) in [5.74, 6) is 0.00562. The van der Waals surface area contributed by atoms with Crippen LogP contribution in [-0.4, -0.2) is 30.0 Å². The van der Waals surface area contributed by atoms with Crippen LogP contribution in [0.2, 0.25) is 0 Å². The van der Waals surface area contributed by atoms with Crippen LogP contribution in [-0.2, 0) is 9.53 Å². The predicted octanol–water partition coefficient (Wildman–Crippen LogP) is 3.26. The molecule has 1 N–H and O–H groups in total. The second-order valence-electron chi connectivity index (χ2n) is 6.18. The summed E-state index contributed by atoms with van der Waals surface area (Å²) in [6.07, 6.45) is 4.98. The van der Waals surface area contributed by atoms with Gasteiger partial charge in [0.2, 0.25) is 0 Å². The number of nitrogens with one attached hydrogen (secondary N) is 1. The molecule has 0 aromatic rings. The molecular formula is C14H26BrNO2. The van der Waals surface area contributed by atoms with Crippen molar-refractivity contribution in [1.29, 1.82) is 0 Å². The van der Waals surface area contributed by atoms with Gasteiger partial charge in [0.05, 0.1) is 5.41 Å². The molecule has 0 aromatic carbocycles. The lowest BCUT2D eigenvalue weighted by Crippen LogP contribution is -2.45. The van der Waals surface area contributed by atoms with Crippen LogP contribution in [0.3, 0.4) is 0 Å². The molecule has 106 valence electrons. The van der Waals surface area contributed by atoms with Gasteiger partial charge in [-0.05, 0) is 59.5 Å². The fraction of sp³-hybridized carbons (Fsp3) is 0.929. The number of rotatable bonds is 5. The number of carbonyl (C=O) groups excluding carboxylic acids is 1. The van der Waals surface area contributed by atoms with Crippen molar-refractivity contribution in [3.63, 3.8) is 0 Å². The summed E-state index contributed by atoms with van der Waals surface area (Å²) in [5.41, 5.74) is -0.634. The van der Waals surface area contributed by atoms with Crippen molar-refractivity contribution < 1.29 is 9.53 Å². The normalized spacial score (nSPS) is 19.6. The Bertz CT molecular complexity index is 267. The van der Waals surface area contributed by atoms with Crippen LogP contribution in [0.1, 0.15) is 52.9 Å². The summed E-state index contributed by atoms with van der Waals surface area (Å²) in [6.45, 7) is 7.68. The molecule has 0 bridgehead atoms. The number of hydrogen-bond acceptors (Lipinski definition) is 3. The van der Waals surface area contributed by atoms with Crippen LogP contribution in [0.5, 0.6) is 0 Å². The molecular weight excluding hydrogens is 294 g/mol. The number of unbranched alkanes of at least 4 members (excludes halogenated alkanes) is 1. The molecule has 1 rings (SSSR count). The second kappa shape index (κ2) is 6.90. The molecule has 0 unspecified atom stereocenters. The van der Waals surface area contributed by atoms with E-state index in [2.05, 4.69) is 21.2 Å². The van der Waals surface area contributed by atoms with E-state index in [1.807, 2.05) is 20.8 Å². The van der Waals surface area contributed by atoms with Crippen molar-refractivity contribution in [3.8, 4) is 0 Å². The smallest absolute Gasteiger partial charge is 0.312 e. The lowest BCUT2D eigenvalue weighted by atomic mass is 9.75. The number of hydrogen-bond donors (Lipinski definition) is 1. The molecule has 0 saturated carbocycles. The number of ether oxygens (including phenoxy) is 1. The number of piperidine rings is 1. The fourth-order valence-corrected chi connectivity index (χ4v) is 2.80. The summed E-state index contributed by atoms with van der Waals surface area (Å²) in [4.78, 5) is 12.5. The first-order chi connectivity index (χ1) is 8.40. The van der Waals surface area contributed by atoms with E-state index in [1.54, 1.807) is 0 Å². The molecule has 4 heteroatoms. The van der Waals surface area contributed by atoms with Gasteiger partial charge in [-0.25, -0.2) is 0 Å². The van der Waals surface area contributed by atoms with Gasteiger partial charge in [-0.15, -0.1) is 0 Å². The van der Waals surface area contributed by atoms with Gasteiger partial charge >= 0.3 is 5.97 Å². The van der Waals surface area contributed by atoms with Gasteiger partial charge < -0.3 is 10.1 Å². The maximum absolute atomic E-state index is 12.5. The van der Waals surface area contributed by atoms with Gasteiger partial charge in [-0.1, -0.05) is 22.4 Å². The zero-order chi connectivity index (χ0) is 13.6. The van der Waals surface area contributed by atoms with Gasteiger partial charge in [-0.3, -0.25) is 4.79 Å². The molecule has 0 radical (unpaired) electrons. The van der Waals surface area contributed by atoms with E-state index in [9.17, 15) is 4.79 Å². The Morgan fingerprint density at radius 3 is 2.39 bits per heavy atom. The summed E-state index contributed by atoms with van der Waals surface area (Å²) < 4.78 is 5.63. The topological polar surface area (TPSA) is 38.3 Å². The number of carbonyl (C=O) groups is 1. The van der Waals surface area contributed by atoms with E-state index in [1.165, 1.54) is 0 Å². The molecule has 1 heterocycles. The van der Waals surface area contributed by atoms with Gasteiger partial charge in [0.15, 0.2) is 0 Å². The number of alkyl halides is 1. The lowest BCUT2D eigenvalue weighted by molar-refractivity contribution is -0.170. The second-order valence-corrected chi connectivity index (χ2v) is 6.97. The third-order valence-electron chi connectivity index (χ3n) is 3.43. The first-order valence-electron chi connectivity index (χ1n) is 6.90. The van der Waals surface area contributed by atoms with E-state index < -0.39 is 0 Å². The standard InChI is InChI=1S/C14H26BrNO2/c1-13(2,3)18-12(17)14(6-4-5-9-15)7-10-16-11-8-14/h16H,4-11H2,1-3H3. The first-order valence-corrected chi connectivity index (χ1v) is 8.02. The minimum Gasteiger partial charge on any atom is -0.460 e. The van der Waals surface area contributed by atoms with Crippen LogP contribution in [0.4, 0.5) is 0 Å². The average Bonchev–Trinajstić information content (AvgIpc) is 2.28. The fourth-order valence-electron chi connectivity index (χ4n) is 2.41. The minimum absolute atomic E-state index is 0.00562. The summed E-state index contributed by atoms with van der Waals surface area (Å²) in [5, 5.41) is 4.34. The first kappa shape index (κ1) is 16.0. The highest BCUT2D eigenvalue weighted by Gasteiger charge is 2.41. The number of halogens is 1. The van der Waals surface area contributed by atoms with Crippen molar-refractivity contribution in [1.82, 2.24) is 5.32 Å². The number of esters is 1. The summed E-state index contributed by atoms with van der Waals surface area (Å²) in [6, 6.07) is 0. The molecule has 0 spiro atoms. The van der Waals surface area contributed by atoms with Crippen molar-refractivity contribution in [2.24, 2.45) is 5.41 Å². The Morgan fingerprint density at radius 2 is 1.89 bits per heavy atom. The van der Waals surface area contributed by atoms with Gasteiger partial charge in [0.25, 0.3) is 0 Å². The summed E-state index contributed by atoms with van der Waals surface area (Å²) in [7, 11) is 0. The molecule has 1 aliphatic heterocycles. The van der Waals surface area contributed by atoms with E-state index in [0.29, 0.717) is 0 Å². The van der Waals surface area contributed by atoms with Gasteiger partial charge in [-0.2, -0.15) is 0 Å². The van der Waals surface area contributed by atoms with Gasteiger partial charge in [0.1, 0.15) is 5.60 Å². The highest BCUT2D eigenvalue weighted by atomic mass is 79.9. The van der Waals surface area contributed by atoms with Crippen molar-refractivity contribution in [2.75, 3.05) is 18.4 Å². The largest absolute Gasteiger partial charge is 0.460 e. The molecule has 1 fully saturated rings. The van der Waals surface area contributed by atoms with E-state index >= 15 is 0 Å². The monoisotopic (exact) mass is 319 g/mol. The molecule has 0 aromatic heterocycles. The molecule has 0 amide bonds. The molecule has 0 aliphatic carbocycles. The van der Waals surface area contributed by atoms with E-state index in [0.717, 1.165) is 50.5 Å². The third kappa shape index (κ3) is 4.88. The molecule has 1 saturated heterocycles. The van der Waals surface area contributed by atoms with Gasteiger partial charge in [0, 0.05) is 5.33 Å². The molecule has 1 aliphatic rings. The SMILES string of the molecule is CC(C)(C)OC(=O)C1(CCCCBr)CCNCC1. The van der Waals surface area contributed by atoms with Crippen LogP contribution in [0.25, 0.3) is 0 Å². The molecule has 3 nitrogen and oxygen atoms in total. The Kier molecular flexibility index (Phi) is 6.12. The minimum atomic E-state index is -0.385.